The quantitative estimate of drug-likeness (QED) is 0.0144. The first kappa shape index (κ1) is 83.6. The lowest BCUT2D eigenvalue weighted by molar-refractivity contribution is -0.359. The standard InChI is InChI=1S/C66H120N2O23/c1-3-5-7-9-11-13-15-17-19-21-23-25-27-29-31-33-56(72)86-49-52(50-87-57(73)34-32-30-28-26-24-22-20-18-16-14-12-10-8-6-4-2)88-66(79)68-36-35-67-55(71)51-84-44-43-82-40-39-80-37-38-81-41-42-83-45-46-85-64-62(78)60(76)63(54(48-70)90-64)91-65-61(77)59(75)58(74)53(47-69)89-65/h17-20,52-54,58-65,69-70,74-78H,3-16,21-51H2,1-2H3,(H,67,71)(H,68,79)/b19-17-,20-18-/t53-,54-,58+,59+,60-,61-,62-,63-,64-,65+/m1/s1. The Labute approximate surface area is 542 Å². The minimum atomic E-state index is -1.77. The number of carbonyl (C=O) groups excluding carboxylic acids is 4. The first-order chi connectivity index (χ1) is 44.4. The van der Waals surface area contributed by atoms with Crippen LogP contribution in [0.4, 0.5) is 4.79 Å². The number of aliphatic hydroxyl groups is 7. The summed E-state index contributed by atoms with van der Waals surface area (Å²) in [6.45, 7) is 4.44. The van der Waals surface area contributed by atoms with E-state index < -0.39 is 105 Å². The molecule has 0 radical (unpaired) electrons. The molecular formula is C66H120N2O23. The number of nitrogens with one attached hydrogen (secondary N) is 2. The molecule has 0 unspecified atom stereocenters. The highest BCUT2D eigenvalue weighted by Crippen LogP contribution is 2.30. The summed E-state index contributed by atoms with van der Waals surface area (Å²) in [4.78, 5) is 50.5. The number of rotatable bonds is 60. The predicted molar refractivity (Wildman–Crippen MR) is 339 cm³/mol. The lowest BCUT2D eigenvalue weighted by Crippen LogP contribution is -2.64. The van der Waals surface area contributed by atoms with Gasteiger partial charge in [-0.3, -0.25) is 14.4 Å². The molecule has 2 rings (SSSR count). The minimum Gasteiger partial charge on any atom is -0.462 e. The number of ether oxygens (including phenoxy) is 12. The van der Waals surface area contributed by atoms with E-state index >= 15 is 0 Å². The number of alkyl carbamates (subject to hydrolysis) is 1. The second-order valence-electron chi connectivity index (χ2n) is 23.2. The molecule has 25 nitrogen and oxygen atoms in total. The fourth-order valence-corrected chi connectivity index (χ4v) is 9.88. The summed E-state index contributed by atoms with van der Waals surface area (Å²) in [6.07, 6.45) is 22.2. The maximum absolute atomic E-state index is 12.8. The Hall–Kier alpha value is -3.48. The van der Waals surface area contributed by atoms with Crippen LogP contribution in [0.2, 0.25) is 0 Å². The molecule has 2 heterocycles. The zero-order valence-electron chi connectivity index (χ0n) is 55.1. The summed E-state index contributed by atoms with van der Waals surface area (Å²) >= 11 is 0. The number of carbonyl (C=O) groups is 4. The van der Waals surface area contributed by atoms with Crippen molar-refractivity contribution in [2.75, 3.05) is 112 Å². The number of hydrogen-bond donors (Lipinski definition) is 9. The highest BCUT2D eigenvalue weighted by Gasteiger charge is 2.50. The Kier molecular flexibility index (Phi) is 53.2. The number of esters is 2. The summed E-state index contributed by atoms with van der Waals surface area (Å²) < 4.78 is 65.7. The van der Waals surface area contributed by atoms with E-state index in [0.29, 0.717) is 26.1 Å². The SMILES string of the molecule is CCCCCCCC/C=C\CCCCCCCC(=O)OCC(COC(=O)CCCCCCC/C=C\CCCCCCCC)OC(=O)NCCNC(=O)COCCOCCOCCOCCOCCO[C@@H]1O[C@H](CO)[C@@H](O[C@@H]2O[C@H](CO)[C@H](O)[C@H](O)[C@H]2O)[C@H](O)[C@H]1O. The van der Waals surface area contributed by atoms with E-state index in [2.05, 4.69) is 48.8 Å². The van der Waals surface area contributed by atoms with Crippen molar-refractivity contribution >= 4 is 23.9 Å². The molecule has 10 atom stereocenters. The fraction of sp³-hybridized carbons (Fsp3) is 0.879. The molecule has 2 fully saturated rings. The van der Waals surface area contributed by atoms with Gasteiger partial charge < -0.3 is 103 Å². The van der Waals surface area contributed by atoms with Gasteiger partial charge in [0.05, 0.1) is 79.3 Å². The molecule has 0 aromatic carbocycles. The Morgan fingerprint density at radius 2 is 0.835 bits per heavy atom. The molecular weight excluding hydrogens is 1190 g/mol. The molecule has 25 heteroatoms. The van der Waals surface area contributed by atoms with E-state index in [1.165, 1.54) is 77.0 Å². The molecule has 2 amide bonds. The van der Waals surface area contributed by atoms with Crippen LogP contribution in [0.1, 0.15) is 194 Å². The van der Waals surface area contributed by atoms with E-state index in [1.54, 1.807) is 0 Å². The van der Waals surface area contributed by atoms with E-state index in [0.717, 1.165) is 77.0 Å². The van der Waals surface area contributed by atoms with Crippen LogP contribution in [-0.2, 0) is 71.2 Å². The molecule has 2 aliphatic heterocycles. The van der Waals surface area contributed by atoms with Crippen molar-refractivity contribution in [1.82, 2.24) is 10.6 Å². The van der Waals surface area contributed by atoms with E-state index in [-0.39, 0.29) is 98.6 Å². The van der Waals surface area contributed by atoms with Gasteiger partial charge >= 0.3 is 18.0 Å². The van der Waals surface area contributed by atoms with E-state index in [1.807, 2.05) is 0 Å². The molecule has 91 heavy (non-hydrogen) atoms. The van der Waals surface area contributed by atoms with Gasteiger partial charge in [0.2, 0.25) is 5.91 Å². The zero-order valence-corrected chi connectivity index (χ0v) is 55.1. The van der Waals surface area contributed by atoms with Crippen molar-refractivity contribution in [3.63, 3.8) is 0 Å². The second kappa shape index (κ2) is 57.9. The average Bonchev–Trinajstić information content (AvgIpc) is 0.923. The highest BCUT2D eigenvalue weighted by molar-refractivity contribution is 5.77. The molecule has 0 aromatic rings. The van der Waals surface area contributed by atoms with Gasteiger partial charge in [0.1, 0.15) is 68.7 Å². The van der Waals surface area contributed by atoms with Crippen LogP contribution in [0.5, 0.6) is 0 Å². The van der Waals surface area contributed by atoms with Gasteiger partial charge in [-0.1, -0.05) is 141 Å². The smallest absolute Gasteiger partial charge is 0.407 e. The fourth-order valence-electron chi connectivity index (χ4n) is 9.88. The summed E-state index contributed by atoms with van der Waals surface area (Å²) in [7, 11) is 0. The van der Waals surface area contributed by atoms with Crippen molar-refractivity contribution in [1.29, 1.82) is 0 Å². The number of hydrogen-bond acceptors (Lipinski definition) is 23. The molecule has 2 aliphatic rings. The minimum absolute atomic E-state index is 0.0344. The second-order valence-corrected chi connectivity index (χ2v) is 23.2. The van der Waals surface area contributed by atoms with Crippen molar-refractivity contribution in [3.8, 4) is 0 Å². The topological polar surface area (TPSA) is 345 Å². The van der Waals surface area contributed by atoms with Gasteiger partial charge in [-0.25, -0.2) is 4.79 Å². The van der Waals surface area contributed by atoms with Crippen molar-refractivity contribution in [2.24, 2.45) is 0 Å². The maximum atomic E-state index is 12.8. The lowest BCUT2D eigenvalue weighted by Gasteiger charge is -2.45. The van der Waals surface area contributed by atoms with Gasteiger partial charge in [0.15, 0.2) is 18.7 Å². The summed E-state index contributed by atoms with van der Waals surface area (Å²) in [5, 5.41) is 76.2. The van der Waals surface area contributed by atoms with Crippen LogP contribution in [0.15, 0.2) is 24.3 Å². The summed E-state index contributed by atoms with van der Waals surface area (Å²) in [5.74, 6) is -1.22. The lowest BCUT2D eigenvalue weighted by atomic mass is 9.97. The largest absolute Gasteiger partial charge is 0.462 e. The van der Waals surface area contributed by atoms with Crippen LogP contribution in [-0.4, -0.2) is 239 Å². The molecule has 0 aliphatic carbocycles. The third kappa shape index (κ3) is 43.3. The molecule has 532 valence electrons. The molecule has 0 aromatic heterocycles. The van der Waals surface area contributed by atoms with Crippen molar-refractivity contribution < 1.29 is 112 Å². The average molecular weight is 1310 g/mol. The molecule has 9 N–H and O–H groups in total. The number of allylic oxidation sites excluding steroid dienone is 4. The van der Waals surface area contributed by atoms with E-state index in [4.69, 9.17) is 56.8 Å². The van der Waals surface area contributed by atoms with Crippen molar-refractivity contribution in [2.45, 2.75) is 261 Å². The van der Waals surface area contributed by atoms with E-state index in [9.17, 15) is 54.9 Å². The number of aliphatic hydroxyl groups excluding tert-OH is 7. The summed E-state index contributed by atoms with van der Waals surface area (Å²) in [6, 6.07) is 0. The van der Waals surface area contributed by atoms with Crippen LogP contribution >= 0.6 is 0 Å². The Morgan fingerprint density at radius 3 is 1.30 bits per heavy atom. The number of amides is 2. The maximum Gasteiger partial charge on any atom is 0.407 e. The predicted octanol–water partition coefficient (Wildman–Crippen LogP) is 6.08. The summed E-state index contributed by atoms with van der Waals surface area (Å²) in [5.41, 5.74) is 0. The van der Waals surface area contributed by atoms with Gasteiger partial charge in [-0.05, 0) is 64.2 Å². The van der Waals surface area contributed by atoms with Crippen LogP contribution in [0, 0.1) is 0 Å². The Balaban J connectivity index is 1.54. The first-order valence-electron chi connectivity index (χ1n) is 34.3. The van der Waals surface area contributed by atoms with Gasteiger partial charge in [0.25, 0.3) is 0 Å². The Morgan fingerprint density at radius 1 is 0.440 bits per heavy atom. The molecule has 0 bridgehead atoms. The number of unbranched alkanes of at least 4 members (excludes halogenated alkanes) is 22. The van der Waals surface area contributed by atoms with Crippen LogP contribution in [0.25, 0.3) is 0 Å². The third-order valence-corrected chi connectivity index (χ3v) is 15.3. The Bertz CT molecular complexity index is 1760. The third-order valence-electron chi connectivity index (χ3n) is 15.3. The first-order valence-corrected chi connectivity index (χ1v) is 34.3. The van der Waals surface area contributed by atoms with Gasteiger partial charge in [-0.2, -0.15) is 0 Å². The normalized spacial score (nSPS) is 21.9. The monoisotopic (exact) mass is 1310 g/mol. The molecule has 2 saturated heterocycles. The van der Waals surface area contributed by atoms with Crippen molar-refractivity contribution in [3.05, 3.63) is 24.3 Å². The molecule has 0 spiro atoms. The van der Waals surface area contributed by atoms with Crippen LogP contribution < -0.4 is 10.6 Å². The zero-order chi connectivity index (χ0) is 66.2. The van der Waals surface area contributed by atoms with Gasteiger partial charge in [-0.15, -0.1) is 0 Å². The van der Waals surface area contributed by atoms with Gasteiger partial charge in [0, 0.05) is 25.9 Å². The van der Waals surface area contributed by atoms with Crippen LogP contribution in [0.3, 0.4) is 0 Å². The highest BCUT2D eigenvalue weighted by atomic mass is 16.7. The molecule has 0 saturated carbocycles.